The molecule has 5 heteroatoms. The molecular formula is C16H31KNO3. The molecule has 1 N–H and O–H groups in total. The van der Waals surface area contributed by atoms with Gasteiger partial charge in [-0.3, -0.25) is 4.79 Å². The third-order valence-electron chi connectivity index (χ3n) is 3.49. The van der Waals surface area contributed by atoms with E-state index in [1.807, 2.05) is 0 Å². The molecule has 4 nitrogen and oxygen atoms in total. The van der Waals surface area contributed by atoms with E-state index in [4.69, 9.17) is 4.74 Å². The van der Waals surface area contributed by atoms with E-state index < -0.39 is 18.0 Å². The first kappa shape index (κ1) is 24.0. The summed E-state index contributed by atoms with van der Waals surface area (Å²) in [6.45, 7) is 3.90. The molecule has 0 saturated heterocycles. The van der Waals surface area contributed by atoms with Gasteiger partial charge in [0.2, 0.25) is 0 Å². The molecule has 0 spiro atoms. The van der Waals surface area contributed by atoms with Gasteiger partial charge in [-0.2, -0.15) is 0 Å². The van der Waals surface area contributed by atoms with E-state index in [9.17, 15) is 9.59 Å². The van der Waals surface area contributed by atoms with Crippen molar-refractivity contribution in [2.45, 2.75) is 84.1 Å². The van der Waals surface area contributed by atoms with E-state index >= 15 is 0 Å². The number of carbonyl (C=O) groups excluding carboxylic acids is 2. The average Bonchev–Trinajstić information content (AvgIpc) is 2.44. The molecule has 21 heavy (non-hydrogen) atoms. The van der Waals surface area contributed by atoms with Gasteiger partial charge in [-0.05, 0) is 20.4 Å². The minimum atomic E-state index is -0.492. The van der Waals surface area contributed by atoms with Crippen molar-refractivity contribution in [3.63, 3.8) is 0 Å². The first-order valence-corrected chi connectivity index (χ1v) is 8.03. The molecule has 0 rings (SSSR count). The van der Waals surface area contributed by atoms with Gasteiger partial charge in [-0.1, -0.05) is 58.3 Å². The number of nitrogens with one attached hydrogen (secondary N) is 1. The zero-order valence-electron chi connectivity index (χ0n) is 14.4. The van der Waals surface area contributed by atoms with Gasteiger partial charge in [-0.25, -0.2) is 4.79 Å². The monoisotopic (exact) mass is 324 g/mol. The van der Waals surface area contributed by atoms with E-state index in [1.54, 1.807) is 14.0 Å². The van der Waals surface area contributed by atoms with E-state index in [2.05, 4.69) is 12.2 Å². The van der Waals surface area contributed by atoms with Crippen LogP contribution >= 0.6 is 0 Å². The van der Waals surface area contributed by atoms with Crippen molar-refractivity contribution in [2.75, 3.05) is 7.05 Å². The largest absolute Gasteiger partial charge is 0.392 e. The molecule has 0 bridgehead atoms. The van der Waals surface area contributed by atoms with Crippen LogP contribution in [0.1, 0.15) is 78.1 Å². The predicted octanol–water partition coefficient (Wildman–Crippen LogP) is 3.20. The SMILES string of the molecule is CCCCCCCCCCCC(=O)OC(=O)C(C)NC.[K]. The van der Waals surface area contributed by atoms with Crippen molar-refractivity contribution < 1.29 is 14.3 Å². The Hall–Kier alpha value is 0.736. The molecule has 0 saturated carbocycles. The van der Waals surface area contributed by atoms with Crippen molar-refractivity contribution in [3.05, 3.63) is 0 Å². The fourth-order valence-electron chi connectivity index (χ4n) is 1.95. The van der Waals surface area contributed by atoms with Gasteiger partial charge < -0.3 is 10.1 Å². The van der Waals surface area contributed by atoms with Gasteiger partial charge in [0.15, 0.2) is 0 Å². The zero-order valence-corrected chi connectivity index (χ0v) is 17.5. The Kier molecular flexibility index (Phi) is 19.5. The summed E-state index contributed by atoms with van der Waals surface area (Å²) in [4.78, 5) is 22.7. The second kappa shape index (κ2) is 17.1. The number of hydrogen-bond acceptors (Lipinski definition) is 4. The summed E-state index contributed by atoms with van der Waals surface area (Å²) in [6, 6.07) is -0.429. The fourth-order valence-corrected chi connectivity index (χ4v) is 1.95. The molecule has 1 unspecified atom stereocenters. The number of likely N-dealkylation sites (N-methyl/N-ethyl adjacent to an activating group) is 1. The topological polar surface area (TPSA) is 55.4 Å². The van der Waals surface area contributed by atoms with E-state index in [-0.39, 0.29) is 51.4 Å². The van der Waals surface area contributed by atoms with Crippen molar-refractivity contribution >= 4 is 63.3 Å². The Labute approximate surface area is 172 Å². The maximum absolute atomic E-state index is 11.4. The number of hydrogen-bond donors (Lipinski definition) is 1. The Balaban J connectivity index is 0. The maximum Gasteiger partial charge on any atom is 0.330 e. The van der Waals surface area contributed by atoms with Crippen LogP contribution in [0.3, 0.4) is 0 Å². The number of esters is 2. The molecule has 0 aliphatic heterocycles. The van der Waals surface area contributed by atoms with E-state index in [0.29, 0.717) is 6.42 Å². The van der Waals surface area contributed by atoms with Gasteiger partial charge in [0.1, 0.15) is 6.04 Å². The fraction of sp³-hybridized carbons (Fsp3) is 0.875. The molecule has 0 aromatic heterocycles. The molecule has 0 aromatic carbocycles. The number of carbonyl (C=O) groups is 2. The molecule has 1 atom stereocenters. The van der Waals surface area contributed by atoms with Gasteiger partial charge in [0.05, 0.1) is 0 Å². The van der Waals surface area contributed by atoms with Crippen LogP contribution in [0.15, 0.2) is 0 Å². The number of rotatable bonds is 12. The molecule has 119 valence electrons. The summed E-state index contributed by atoms with van der Waals surface area (Å²) in [5, 5.41) is 2.75. The van der Waals surface area contributed by atoms with Crippen LogP contribution in [0, 0.1) is 0 Å². The third kappa shape index (κ3) is 15.4. The summed E-state index contributed by atoms with van der Waals surface area (Å²) in [6.07, 6.45) is 11.2. The first-order chi connectivity index (χ1) is 9.61. The summed E-state index contributed by atoms with van der Waals surface area (Å²) in [7, 11) is 1.66. The Morgan fingerprint density at radius 3 is 1.90 bits per heavy atom. The van der Waals surface area contributed by atoms with E-state index in [0.717, 1.165) is 12.8 Å². The second-order valence-corrected chi connectivity index (χ2v) is 5.38. The molecule has 0 heterocycles. The van der Waals surface area contributed by atoms with Crippen LogP contribution in [0.25, 0.3) is 0 Å². The Bertz CT molecular complexity index is 272. The van der Waals surface area contributed by atoms with Crippen LogP contribution in [-0.2, 0) is 14.3 Å². The predicted molar refractivity (Wildman–Crippen MR) is 87.2 cm³/mol. The molecule has 0 aliphatic rings. The van der Waals surface area contributed by atoms with E-state index in [1.165, 1.54) is 44.9 Å². The van der Waals surface area contributed by atoms with Crippen molar-refractivity contribution in [1.82, 2.24) is 5.32 Å². The maximum atomic E-state index is 11.4. The zero-order chi connectivity index (χ0) is 15.2. The Morgan fingerprint density at radius 2 is 1.43 bits per heavy atom. The summed E-state index contributed by atoms with van der Waals surface area (Å²) in [5.74, 6) is -0.895. The van der Waals surface area contributed by atoms with Crippen LogP contribution in [0.4, 0.5) is 0 Å². The van der Waals surface area contributed by atoms with Gasteiger partial charge in [0, 0.05) is 57.8 Å². The molecule has 0 aliphatic carbocycles. The van der Waals surface area contributed by atoms with Crippen molar-refractivity contribution in [1.29, 1.82) is 0 Å². The molecule has 1 radical (unpaired) electrons. The van der Waals surface area contributed by atoms with Crippen molar-refractivity contribution in [3.8, 4) is 0 Å². The standard InChI is InChI=1S/C16H31NO3.K/c1-4-5-6-7-8-9-10-11-12-13-15(18)20-16(19)14(2)17-3;/h14,17H,4-13H2,1-3H3;. The smallest absolute Gasteiger partial charge is 0.330 e. The minimum absolute atomic E-state index is 0. The molecular weight excluding hydrogens is 293 g/mol. The molecule has 0 amide bonds. The normalized spacial score (nSPS) is 11.6. The molecule has 0 aromatic rings. The third-order valence-corrected chi connectivity index (χ3v) is 3.49. The average molecular weight is 325 g/mol. The van der Waals surface area contributed by atoms with Crippen LogP contribution in [0.2, 0.25) is 0 Å². The summed E-state index contributed by atoms with van der Waals surface area (Å²) >= 11 is 0. The van der Waals surface area contributed by atoms with Gasteiger partial charge in [-0.15, -0.1) is 0 Å². The minimum Gasteiger partial charge on any atom is -0.392 e. The quantitative estimate of drug-likeness (QED) is 0.259. The number of ether oxygens (including phenoxy) is 1. The Morgan fingerprint density at radius 1 is 0.952 bits per heavy atom. The van der Waals surface area contributed by atoms with Crippen LogP contribution < -0.4 is 5.32 Å². The molecule has 0 fully saturated rings. The number of unbranched alkanes of at least 4 members (excludes halogenated alkanes) is 8. The summed E-state index contributed by atoms with van der Waals surface area (Å²) < 4.78 is 4.73. The summed E-state index contributed by atoms with van der Waals surface area (Å²) in [5.41, 5.74) is 0. The van der Waals surface area contributed by atoms with Crippen LogP contribution in [0.5, 0.6) is 0 Å². The van der Waals surface area contributed by atoms with Crippen molar-refractivity contribution in [2.24, 2.45) is 0 Å². The first-order valence-electron chi connectivity index (χ1n) is 8.03. The van der Waals surface area contributed by atoms with Crippen LogP contribution in [-0.4, -0.2) is 76.4 Å². The van der Waals surface area contributed by atoms with Gasteiger partial charge in [0.25, 0.3) is 0 Å². The second-order valence-electron chi connectivity index (χ2n) is 5.38. The van der Waals surface area contributed by atoms with Gasteiger partial charge >= 0.3 is 11.9 Å².